The van der Waals surface area contributed by atoms with Crippen LogP contribution in [0.15, 0.2) is 12.1 Å². The molecule has 0 saturated carbocycles. The molecule has 0 unspecified atom stereocenters. The van der Waals surface area contributed by atoms with Crippen molar-refractivity contribution in [2.45, 2.75) is 45.7 Å². The molecule has 1 aromatic carbocycles. The molecule has 2 N–H and O–H groups in total. The van der Waals surface area contributed by atoms with Crippen LogP contribution in [0.25, 0.3) is 0 Å². The first-order chi connectivity index (χ1) is 8.97. The standard InChI is InChI=1S/C14H21N3O2/c1-9(2)15-8-12-5-4-11-6-10(3)14(17(18)19)7-13(11)16-12/h6-7,9,12,15-16H,4-5,8H2,1-3H3/t12-/m0/s1. The highest BCUT2D eigenvalue weighted by atomic mass is 16.6. The second kappa shape index (κ2) is 5.57. The van der Waals surface area contributed by atoms with Gasteiger partial charge in [0.2, 0.25) is 0 Å². The van der Waals surface area contributed by atoms with Crippen LogP contribution in [0.2, 0.25) is 0 Å². The zero-order valence-electron chi connectivity index (χ0n) is 11.7. The molecular formula is C14H21N3O2. The minimum atomic E-state index is -0.312. The Labute approximate surface area is 113 Å². The summed E-state index contributed by atoms with van der Waals surface area (Å²) >= 11 is 0. The van der Waals surface area contributed by atoms with Gasteiger partial charge in [0.15, 0.2) is 0 Å². The lowest BCUT2D eigenvalue weighted by Crippen LogP contribution is -2.38. The molecule has 0 amide bonds. The van der Waals surface area contributed by atoms with Gasteiger partial charge in [-0.05, 0) is 31.4 Å². The van der Waals surface area contributed by atoms with Crippen molar-refractivity contribution in [1.82, 2.24) is 5.32 Å². The van der Waals surface area contributed by atoms with Gasteiger partial charge < -0.3 is 10.6 Å². The first-order valence-corrected chi connectivity index (χ1v) is 6.75. The number of nitro benzene ring substituents is 1. The van der Waals surface area contributed by atoms with Crippen molar-refractivity contribution >= 4 is 11.4 Å². The van der Waals surface area contributed by atoms with E-state index in [0.29, 0.717) is 12.1 Å². The Kier molecular flexibility index (Phi) is 4.04. The first kappa shape index (κ1) is 13.8. The van der Waals surface area contributed by atoms with E-state index in [-0.39, 0.29) is 10.6 Å². The number of anilines is 1. The van der Waals surface area contributed by atoms with E-state index < -0.39 is 0 Å². The molecule has 1 aliphatic rings. The summed E-state index contributed by atoms with van der Waals surface area (Å²) in [6.07, 6.45) is 2.04. The minimum absolute atomic E-state index is 0.198. The predicted octanol–water partition coefficient (Wildman–Crippen LogP) is 2.63. The van der Waals surface area contributed by atoms with Crippen molar-refractivity contribution in [2.75, 3.05) is 11.9 Å². The number of rotatable bonds is 4. The van der Waals surface area contributed by atoms with Gasteiger partial charge in [0.25, 0.3) is 5.69 Å². The van der Waals surface area contributed by atoms with Gasteiger partial charge in [-0.25, -0.2) is 0 Å². The van der Waals surface area contributed by atoms with Gasteiger partial charge in [0, 0.05) is 35.9 Å². The molecule has 1 aliphatic heterocycles. The molecule has 1 aromatic rings. The van der Waals surface area contributed by atoms with E-state index in [0.717, 1.165) is 30.6 Å². The van der Waals surface area contributed by atoms with Gasteiger partial charge in [0.05, 0.1) is 4.92 Å². The van der Waals surface area contributed by atoms with Gasteiger partial charge in [-0.1, -0.05) is 13.8 Å². The summed E-state index contributed by atoms with van der Waals surface area (Å²) in [5.41, 5.74) is 3.04. The van der Waals surface area contributed by atoms with Crippen LogP contribution in [-0.4, -0.2) is 23.6 Å². The zero-order chi connectivity index (χ0) is 14.0. The Balaban J connectivity index is 2.15. The van der Waals surface area contributed by atoms with Crippen molar-refractivity contribution in [3.63, 3.8) is 0 Å². The van der Waals surface area contributed by atoms with Crippen LogP contribution >= 0.6 is 0 Å². The zero-order valence-corrected chi connectivity index (χ0v) is 11.7. The van der Waals surface area contributed by atoms with Crippen LogP contribution in [0.1, 0.15) is 31.4 Å². The summed E-state index contributed by atoms with van der Waals surface area (Å²) in [5.74, 6) is 0. The quantitative estimate of drug-likeness (QED) is 0.647. The summed E-state index contributed by atoms with van der Waals surface area (Å²) in [6.45, 7) is 6.92. The second-order valence-electron chi connectivity index (χ2n) is 5.50. The number of nitrogens with one attached hydrogen (secondary N) is 2. The number of benzene rings is 1. The molecule has 0 saturated heterocycles. The third kappa shape index (κ3) is 3.23. The molecule has 0 bridgehead atoms. The van der Waals surface area contributed by atoms with Crippen molar-refractivity contribution < 1.29 is 4.92 Å². The number of fused-ring (bicyclic) bond motifs is 1. The lowest BCUT2D eigenvalue weighted by molar-refractivity contribution is -0.385. The molecule has 0 radical (unpaired) electrons. The Bertz CT molecular complexity index is 486. The van der Waals surface area contributed by atoms with Crippen molar-refractivity contribution in [2.24, 2.45) is 0 Å². The molecule has 0 aromatic heterocycles. The largest absolute Gasteiger partial charge is 0.381 e. The van der Waals surface area contributed by atoms with Gasteiger partial charge in [0.1, 0.15) is 0 Å². The minimum Gasteiger partial charge on any atom is -0.381 e. The maximum atomic E-state index is 11.0. The van der Waals surface area contributed by atoms with E-state index in [4.69, 9.17) is 0 Å². The number of nitrogens with zero attached hydrogens (tertiary/aromatic N) is 1. The Morgan fingerprint density at radius 1 is 1.53 bits per heavy atom. The molecule has 0 aliphatic carbocycles. The van der Waals surface area contributed by atoms with Gasteiger partial charge >= 0.3 is 0 Å². The van der Waals surface area contributed by atoms with Crippen LogP contribution in [0.4, 0.5) is 11.4 Å². The van der Waals surface area contributed by atoms with Crippen molar-refractivity contribution in [1.29, 1.82) is 0 Å². The smallest absolute Gasteiger partial charge is 0.274 e. The number of nitro groups is 1. The Hall–Kier alpha value is -1.62. The van der Waals surface area contributed by atoms with E-state index >= 15 is 0 Å². The van der Waals surface area contributed by atoms with Gasteiger partial charge in [-0.2, -0.15) is 0 Å². The van der Waals surface area contributed by atoms with Crippen LogP contribution < -0.4 is 10.6 Å². The summed E-state index contributed by atoms with van der Waals surface area (Å²) in [7, 11) is 0. The highest BCUT2D eigenvalue weighted by molar-refractivity contribution is 5.62. The number of aryl methyl sites for hydroxylation is 2. The summed E-state index contributed by atoms with van der Waals surface area (Å²) < 4.78 is 0. The third-order valence-corrected chi connectivity index (χ3v) is 3.51. The van der Waals surface area contributed by atoms with Crippen molar-refractivity contribution in [3.8, 4) is 0 Å². The molecule has 0 fully saturated rings. The summed E-state index contributed by atoms with van der Waals surface area (Å²) in [4.78, 5) is 10.7. The normalized spacial score (nSPS) is 18.0. The predicted molar refractivity (Wildman–Crippen MR) is 76.7 cm³/mol. The lowest BCUT2D eigenvalue weighted by Gasteiger charge is -2.28. The second-order valence-corrected chi connectivity index (χ2v) is 5.50. The molecule has 1 atom stereocenters. The lowest BCUT2D eigenvalue weighted by atomic mass is 9.95. The maximum Gasteiger partial charge on any atom is 0.274 e. The molecule has 2 rings (SSSR count). The average Bonchev–Trinajstić information content (AvgIpc) is 2.35. The summed E-state index contributed by atoms with van der Waals surface area (Å²) in [5, 5.41) is 17.8. The Morgan fingerprint density at radius 3 is 2.89 bits per heavy atom. The molecule has 0 spiro atoms. The highest BCUT2D eigenvalue weighted by Gasteiger charge is 2.22. The first-order valence-electron chi connectivity index (χ1n) is 6.75. The molecule has 5 nitrogen and oxygen atoms in total. The fourth-order valence-electron chi connectivity index (χ4n) is 2.45. The summed E-state index contributed by atoms with van der Waals surface area (Å²) in [6, 6.07) is 4.41. The van der Waals surface area contributed by atoms with Gasteiger partial charge in [-0.15, -0.1) is 0 Å². The molecule has 5 heteroatoms. The van der Waals surface area contributed by atoms with Gasteiger partial charge in [-0.3, -0.25) is 10.1 Å². The number of hydrogen-bond donors (Lipinski definition) is 2. The fraction of sp³-hybridized carbons (Fsp3) is 0.571. The molecular weight excluding hydrogens is 242 g/mol. The van der Waals surface area contributed by atoms with E-state index in [9.17, 15) is 10.1 Å². The number of hydrogen-bond acceptors (Lipinski definition) is 4. The molecule has 1 heterocycles. The average molecular weight is 263 g/mol. The van der Waals surface area contributed by atoms with Crippen LogP contribution in [0, 0.1) is 17.0 Å². The highest BCUT2D eigenvalue weighted by Crippen LogP contribution is 2.31. The van der Waals surface area contributed by atoms with Crippen molar-refractivity contribution in [3.05, 3.63) is 33.4 Å². The van der Waals surface area contributed by atoms with E-state index in [1.165, 1.54) is 5.56 Å². The Morgan fingerprint density at radius 2 is 2.26 bits per heavy atom. The van der Waals surface area contributed by atoms with Crippen LogP contribution in [0.5, 0.6) is 0 Å². The fourth-order valence-corrected chi connectivity index (χ4v) is 2.45. The van der Waals surface area contributed by atoms with E-state index in [2.05, 4.69) is 24.5 Å². The molecule has 104 valence electrons. The maximum absolute atomic E-state index is 11.0. The SMILES string of the molecule is Cc1cc2c(cc1[N+](=O)[O-])N[C@H](CNC(C)C)CC2. The topological polar surface area (TPSA) is 67.2 Å². The van der Waals surface area contributed by atoms with Crippen LogP contribution in [0.3, 0.4) is 0 Å². The monoisotopic (exact) mass is 263 g/mol. The van der Waals surface area contributed by atoms with Crippen LogP contribution in [-0.2, 0) is 6.42 Å². The molecule has 19 heavy (non-hydrogen) atoms. The van der Waals surface area contributed by atoms with E-state index in [1.54, 1.807) is 13.0 Å². The third-order valence-electron chi connectivity index (χ3n) is 3.51. The van der Waals surface area contributed by atoms with E-state index in [1.807, 2.05) is 6.07 Å².